The monoisotopic (exact) mass is 360 g/mol. The molecule has 0 aliphatic heterocycles. The molecule has 5 heteroatoms. The van der Waals surface area contributed by atoms with Crippen molar-refractivity contribution in [3.8, 4) is 11.5 Å². The molecule has 0 aliphatic carbocycles. The number of aryl methyl sites for hydroxylation is 1. The highest BCUT2D eigenvalue weighted by Gasteiger charge is 2.07. The first kappa shape index (κ1) is 18.2. The standard InChI is InChI=1S/C22H20N2O3/c1-15-3-11-20(12-4-15)27-21-13-9-19(10-14-21)24-22(26)17-5-7-18(8-6-17)23-16(2)25/h3-14H,1-2H3,(H,23,25)(H,24,26). The number of hydrogen-bond acceptors (Lipinski definition) is 3. The molecule has 2 amide bonds. The number of ether oxygens (including phenoxy) is 1. The number of amides is 2. The molecule has 0 saturated heterocycles. The van der Waals surface area contributed by atoms with Gasteiger partial charge in [0.05, 0.1) is 0 Å². The van der Waals surface area contributed by atoms with Crippen LogP contribution in [0, 0.1) is 6.92 Å². The van der Waals surface area contributed by atoms with E-state index in [-0.39, 0.29) is 11.8 Å². The number of carbonyl (C=O) groups excluding carboxylic acids is 2. The first-order valence-corrected chi connectivity index (χ1v) is 8.53. The van der Waals surface area contributed by atoms with E-state index in [0.717, 1.165) is 5.75 Å². The summed E-state index contributed by atoms with van der Waals surface area (Å²) in [4.78, 5) is 23.4. The third-order valence-electron chi connectivity index (χ3n) is 3.84. The van der Waals surface area contributed by atoms with E-state index < -0.39 is 0 Å². The van der Waals surface area contributed by atoms with Gasteiger partial charge >= 0.3 is 0 Å². The largest absolute Gasteiger partial charge is 0.457 e. The van der Waals surface area contributed by atoms with Crippen molar-refractivity contribution in [1.82, 2.24) is 0 Å². The van der Waals surface area contributed by atoms with E-state index in [4.69, 9.17) is 4.74 Å². The molecule has 0 atom stereocenters. The molecule has 3 aromatic carbocycles. The second kappa shape index (κ2) is 8.19. The van der Waals surface area contributed by atoms with E-state index in [1.165, 1.54) is 12.5 Å². The predicted molar refractivity (Wildman–Crippen MR) is 106 cm³/mol. The Morgan fingerprint density at radius 1 is 0.704 bits per heavy atom. The fourth-order valence-corrected chi connectivity index (χ4v) is 2.46. The highest BCUT2D eigenvalue weighted by atomic mass is 16.5. The van der Waals surface area contributed by atoms with Crippen LogP contribution in [0.2, 0.25) is 0 Å². The van der Waals surface area contributed by atoms with Crippen LogP contribution < -0.4 is 15.4 Å². The van der Waals surface area contributed by atoms with Crippen LogP contribution in [0.15, 0.2) is 72.8 Å². The Hall–Kier alpha value is -3.60. The minimum absolute atomic E-state index is 0.153. The highest BCUT2D eigenvalue weighted by molar-refractivity contribution is 6.04. The van der Waals surface area contributed by atoms with Crippen molar-refractivity contribution >= 4 is 23.2 Å². The third kappa shape index (κ3) is 5.19. The summed E-state index contributed by atoms with van der Waals surface area (Å²) in [6, 6.07) is 21.7. The van der Waals surface area contributed by atoms with Gasteiger partial charge in [0.15, 0.2) is 0 Å². The Bertz CT molecular complexity index is 931. The van der Waals surface area contributed by atoms with Crippen molar-refractivity contribution in [1.29, 1.82) is 0 Å². The Kier molecular flexibility index (Phi) is 5.52. The quantitative estimate of drug-likeness (QED) is 0.673. The van der Waals surface area contributed by atoms with Crippen molar-refractivity contribution in [2.24, 2.45) is 0 Å². The molecule has 0 aromatic heterocycles. The fourth-order valence-electron chi connectivity index (χ4n) is 2.46. The maximum atomic E-state index is 12.3. The molecule has 5 nitrogen and oxygen atoms in total. The van der Waals surface area contributed by atoms with Gasteiger partial charge in [-0.2, -0.15) is 0 Å². The van der Waals surface area contributed by atoms with Crippen molar-refractivity contribution in [2.75, 3.05) is 10.6 Å². The van der Waals surface area contributed by atoms with Gasteiger partial charge < -0.3 is 15.4 Å². The van der Waals surface area contributed by atoms with E-state index in [1.807, 2.05) is 31.2 Å². The summed E-state index contributed by atoms with van der Waals surface area (Å²) in [6.45, 7) is 3.46. The Labute approximate surface area is 158 Å². The second-order valence-electron chi connectivity index (χ2n) is 6.15. The molecule has 0 saturated carbocycles. The topological polar surface area (TPSA) is 67.4 Å². The van der Waals surface area contributed by atoms with Gasteiger partial charge in [0.25, 0.3) is 5.91 Å². The predicted octanol–water partition coefficient (Wildman–Crippen LogP) is 5.00. The van der Waals surface area contributed by atoms with Crippen LogP contribution in [0.4, 0.5) is 11.4 Å². The van der Waals surface area contributed by atoms with Crippen molar-refractivity contribution in [2.45, 2.75) is 13.8 Å². The smallest absolute Gasteiger partial charge is 0.255 e. The second-order valence-corrected chi connectivity index (χ2v) is 6.15. The van der Waals surface area contributed by atoms with Crippen LogP contribution in [0.3, 0.4) is 0 Å². The van der Waals surface area contributed by atoms with Gasteiger partial charge in [-0.3, -0.25) is 9.59 Å². The Morgan fingerprint density at radius 2 is 1.19 bits per heavy atom. The molecular weight excluding hydrogens is 340 g/mol. The summed E-state index contributed by atoms with van der Waals surface area (Å²) >= 11 is 0. The van der Waals surface area contributed by atoms with Gasteiger partial charge in [-0.25, -0.2) is 0 Å². The SMILES string of the molecule is CC(=O)Nc1ccc(C(=O)Nc2ccc(Oc3ccc(C)cc3)cc2)cc1. The molecule has 0 radical (unpaired) electrons. The first-order valence-electron chi connectivity index (χ1n) is 8.53. The zero-order valence-corrected chi connectivity index (χ0v) is 15.2. The zero-order valence-electron chi connectivity index (χ0n) is 15.2. The molecule has 0 spiro atoms. The van der Waals surface area contributed by atoms with Gasteiger partial charge in [0.2, 0.25) is 5.91 Å². The van der Waals surface area contributed by atoms with Crippen molar-refractivity contribution < 1.29 is 14.3 Å². The van der Waals surface area contributed by atoms with Crippen LogP contribution in [-0.2, 0) is 4.79 Å². The summed E-state index contributed by atoms with van der Waals surface area (Å²) in [7, 11) is 0. The summed E-state index contributed by atoms with van der Waals surface area (Å²) in [5.74, 6) is 1.07. The number of carbonyl (C=O) groups is 2. The number of hydrogen-bond donors (Lipinski definition) is 2. The molecule has 3 rings (SSSR count). The minimum Gasteiger partial charge on any atom is -0.457 e. The maximum absolute atomic E-state index is 12.3. The summed E-state index contributed by atoms with van der Waals surface area (Å²) in [6.07, 6.45) is 0. The summed E-state index contributed by atoms with van der Waals surface area (Å²) < 4.78 is 5.78. The minimum atomic E-state index is -0.225. The molecule has 3 aromatic rings. The molecule has 0 fully saturated rings. The van der Waals surface area contributed by atoms with E-state index in [2.05, 4.69) is 10.6 Å². The fraction of sp³-hybridized carbons (Fsp3) is 0.0909. The van der Waals surface area contributed by atoms with Gasteiger partial charge in [0.1, 0.15) is 11.5 Å². The lowest BCUT2D eigenvalue weighted by atomic mass is 10.2. The van der Waals surface area contributed by atoms with Crippen molar-refractivity contribution in [3.63, 3.8) is 0 Å². The molecule has 0 unspecified atom stereocenters. The molecule has 2 N–H and O–H groups in total. The number of rotatable bonds is 5. The highest BCUT2D eigenvalue weighted by Crippen LogP contribution is 2.23. The van der Waals surface area contributed by atoms with Gasteiger partial charge in [0, 0.05) is 23.9 Å². The number of nitrogens with one attached hydrogen (secondary N) is 2. The molecule has 27 heavy (non-hydrogen) atoms. The van der Waals surface area contributed by atoms with Gasteiger partial charge in [-0.1, -0.05) is 17.7 Å². The van der Waals surface area contributed by atoms with Crippen LogP contribution in [0.1, 0.15) is 22.8 Å². The first-order chi connectivity index (χ1) is 13.0. The van der Waals surface area contributed by atoms with E-state index in [1.54, 1.807) is 48.5 Å². The maximum Gasteiger partial charge on any atom is 0.255 e. The van der Waals surface area contributed by atoms with Gasteiger partial charge in [-0.15, -0.1) is 0 Å². The lowest BCUT2D eigenvalue weighted by molar-refractivity contribution is -0.114. The molecule has 0 aliphatic rings. The van der Waals surface area contributed by atoms with E-state index >= 15 is 0 Å². The van der Waals surface area contributed by atoms with Crippen LogP contribution in [0.5, 0.6) is 11.5 Å². The average Bonchev–Trinajstić information content (AvgIpc) is 2.65. The van der Waals surface area contributed by atoms with Crippen molar-refractivity contribution in [3.05, 3.63) is 83.9 Å². The third-order valence-corrected chi connectivity index (χ3v) is 3.84. The molecule has 0 heterocycles. The van der Waals surface area contributed by atoms with Gasteiger partial charge in [-0.05, 0) is 67.6 Å². The van der Waals surface area contributed by atoms with E-state index in [9.17, 15) is 9.59 Å². The molecule has 0 bridgehead atoms. The number of anilines is 2. The molecular formula is C22H20N2O3. The van der Waals surface area contributed by atoms with Crippen LogP contribution in [0.25, 0.3) is 0 Å². The lowest BCUT2D eigenvalue weighted by Crippen LogP contribution is -2.12. The Morgan fingerprint density at radius 3 is 1.74 bits per heavy atom. The zero-order chi connectivity index (χ0) is 19.2. The molecule has 136 valence electrons. The Balaban J connectivity index is 1.61. The summed E-state index contributed by atoms with van der Waals surface area (Å²) in [5.41, 5.74) is 2.99. The van der Waals surface area contributed by atoms with Crippen LogP contribution >= 0.6 is 0 Å². The lowest BCUT2D eigenvalue weighted by Gasteiger charge is -2.09. The average molecular weight is 360 g/mol. The van der Waals surface area contributed by atoms with E-state index in [0.29, 0.717) is 22.7 Å². The summed E-state index contributed by atoms with van der Waals surface area (Å²) in [5, 5.41) is 5.50. The number of benzene rings is 3. The van der Waals surface area contributed by atoms with Crippen LogP contribution in [-0.4, -0.2) is 11.8 Å². The normalized spacial score (nSPS) is 10.1.